The fourth-order valence-corrected chi connectivity index (χ4v) is 3.98. The number of carboxylic acids is 1. The number of rotatable bonds is 6. The summed E-state index contributed by atoms with van der Waals surface area (Å²) in [6.07, 6.45) is -4.16. The van der Waals surface area contributed by atoms with E-state index in [1.165, 1.54) is 19.1 Å². The van der Waals surface area contributed by atoms with E-state index in [1.54, 1.807) is 36.4 Å². The van der Waals surface area contributed by atoms with Gasteiger partial charge in [-0.1, -0.05) is 23.7 Å². The van der Waals surface area contributed by atoms with Crippen molar-refractivity contribution >= 4 is 28.5 Å². The molecule has 188 valence electrons. The van der Waals surface area contributed by atoms with Crippen LogP contribution in [0.25, 0.3) is 22.0 Å². The Morgan fingerprint density at radius 1 is 1.24 bits per heavy atom. The number of aromatic nitrogens is 3. The molecule has 4 aromatic rings. The van der Waals surface area contributed by atoms with Gasteiger partial charge in [-0.25, -0.2) is 14.8 Å². The molecule has 0 spiro atoms. The number of benzene rings is 2. The Labute approximate surface area is 212 Å². The van der Waals surface area contributed by atoms with Crippen molar-refractivity contribution in [3.63, 3.8) is 0 Å². The summed E-state index contributed by atoms with van der Waals surface area (Å²) in [5, 5.41) is 18.5. The maximum Gasteiger partial charge on any atom is 0.435 e. The first kappa shape index (κ1) is 25.7. The van der Waals surface area contributed by atoms with Gasteiger partial charge in [-0.2, -0.15) is 18.4 Å². The molecule has 12 heteroatoms. The Kier molecular flexibility index (Phi) is 6.87. The minimum atomic E-state index is -4.86. The summed E-state index contributed by atoms with van der Waals surface area (Å²) in [7, 11) is 0. The first-order valence-electron chi connectivity index (χ1n) is 10.6. The Morgan fingerprint density at radius 2 is 2.00 bits per heavy atom. The fraction of sp³-hybridized carbons (Fsp3) is 0.160. The Balaban J connectivity index is 1.69. The highest BCUT2D eigenvalue weighted by molar-refractivity contribution is 6.31. The van der Waals surface area contributed by atoms with Crippen molar-refractivity contribution in [2.24, 2.45) is 0 Å². The SMILES string of the molecule is Cc1nc2c(C(F)(F)F)ncc(C#N)c2c(=O)n1CCOc1ccc(Cl)cc1-c1cccc(C(=O)O)c1. The molecule has 0 aliphatic carbocycles. The van der Waals surface area contributed by atoms with Gasteiger partial charge in [0.15, 0.2) is 5.69 Å². The highest BCUT2D eigenvalue weighted by Gasteiger charge is 2.36. The number of aromatic carboxylic acids is 1. The van der Waals surface area contributed by atoms with Gasteiger partial charge in [0.25, 0.3) is 5.56 Å². The van der Waals surface area contributed by atoms with E-state index in [-0.39, 0.29) is 30.1 Å². The monoisotopic (exact) mass is 528 g/mol. The fourth-order valence-electron chi connectivity index (χ4n) is 3.81. The Bertz CT molecular complexity index is 1640. The second-order valence-electron chi connectivity index (χ2n) is 7.84. The lowest BCUT2D eigenvalue weighted by Crippen LogP contribution is -2.28. The van der Waals surface area contributed by atoms with Crippen molar-refractivity contribution in [2.75, 3.05) is 6.61 Å². The zero-order chi connectivity index (χ0) is 26.9. The molecule has 0 bridgehead atoms. The number of ether oxygens (including phenoxy) is 1. The van der Waals surface area contributed by atoms with E-state index in [1.807, 2.05) is 0 Å². The van der Waals surface area contributed by atoms with Gasteiger partial charge >= 0.3 is 12.1 Å². The number of aryl methyl sites for hydroxylation is 1. The van der Waals surface area contributed by atoms with Crippen molar-refractivity contribution in [1.29, 1.82) is 5.26 Å². The average molecular weight is 529 g/mol. The molecule has 8 nitrogen and oxygen atoms in total. The van der Waals surface area contributed by atoms with E-state index in [0.29, 0.717) is 28.1 Å². The number of nitrogens with zero attached hydrogens (tertiary/aromatic N) is 4. The van der Waals surface area contributed by atoms with E-state index in [4.69, 9.17) is 16.3 Å². The molecule has 0 fully saturated rings. The van der Waals surface area contributed by atoms with Crippen LogP contribution in [-0.4, -0.2) is 32.2 Å². The molecule has 37 heavy (non-hydrogen) atoms. The molecule has 2 heterocycles. The lowest BCUT2D eigenvalue weighted by atomic mass is 10.0. The lowest BCUT2D eigenvalue weighted by Gasteiger charge is -2.16. The van der Waals surface area contributed by atoms with E-state index >= 15 is 0 Å². The molecule has 0 radical (unpaired) electrons. The van der Waals surface area contributed by atoms with Crippen molar-refractivity contribution in [2.45, 2.75) is 19.6 Å². The summed E-state index contributed by atoms with van der Waals surface area (Å²) in [6, 6.07) is 12.6. The molecule has 2 aromatic heterocycles. The number of carboxylic acid groups (broad SMARTS) is 1. The first-order valence-corrected chi connectivity index (χ1v) is 11.0. The van der Waals surface area contributed by atoms with Crippen LogP contribution < -0.4 is 10.3 Å². The molecule has 0 saturated heterocycles. The number of nitriles is 1. The average Bonchev–Trinajstić information content (AvgIpc) is 2.85. The third-order valence-electron chi connectivity index (χ3n) is 5.50. The number of carbonyl (C=O) groups is 1. The number of hydrogen-bond acceptors (Lipinski definition) is 6. The molecular weight excluding hydrogens is 513 g/mol. The summed E-state index contributed by atoms with van der Waals surface area (Å²) >= 11 is 6.13. The van der Waals surface area contributed by atoms with Crippen LogP contribution in [0, 0.1) is 18.3 Å². The number of halogens is 4. The van der Waals surface area contributed by atoms with Crippen molar-refractivity contribution in [3.8, 4) is 22.9 Å². The standard InChI is InChI=1S/C25H16ClF3N4O4/c1-13-32-21-20(16(11-30)12-31-22(21)25(27,28)29)23(34)33(13)7-8-37-19-6-5-17(26)10-18(19)14-3-2-4-15(9-14)24(35)36/h2-6,9-10,12H,7-8H2,1H3,(H,35,36). The van der Waals surface area contributed by atoms with Gasteiger partial charge < -0.3 is 9.84 Å². The lowest BCUT2D eigenvalue weighted by molar-refractivity contribution is -0.139. The summed E-state index contributed by atoms with van der Waals surface area (Å²) in [6.45, 7) is 1.17. The summed E-state index contributed by atoms with van der Waals surface area (Å²) in [5.41, 5.74) is -2.10. The van der Waals surface area contributed by atoms with Crippen LogP contribution in [0.15, 0.2) is 53.5 Å². The zero-order valence-corrected chi connectivity index (χ0v) is 19.8. The highest BCUT2D eigenvalue weighted by atomic mass is 35.5. The number of pyridine rings is 1. The van der Waals surface area contributed by atoms with Crippen molar-refractivity contribution < 1.29 is 27.8 Å². The number of hydrogen-bond donors (Lipinski definition) is 1. The molecule has 0 aliphatic rings. The maximum absolute atomic E-state index is 13.4. The minimum absolute atomic E-state index is 0.0195. The van der Waals surface area contributed by atoms with E-state index in [2.05, 4.69) is 9.97 Å². The van der Waals surface area contributed by atoms with Crippen LogP contribution in [0.3, 0.4) is 0 Å². The predicted octanol–water partition coefficient (Wildman–Crippen LogP) is 5.09. The quantitative estimate of drug-likeness (QED) is 0.370. The van der Waals surface area contributed by atoms with Crippen LogP contribution in [0.4, 0.5) is 13.2 Å². The molecule has 2 aromatic carbocycles. The van der Waals surface area contributed by atoms with Gasteiger partial charge in [0, 0.05) is 16.8 Å². The van der Waals surface area contributed by atoms with Crippen molar-refractivity contribution in [1.82, 2.24) is 14.5 Å². The molecule has 0 aliphatic heterocycles. The summed E-state index contributed by atoms with van der Waals surface area (Å²) in [5.74, 6) is -0.785. The maximum atomic E-state index is 13.4. The summed E-state index contributed by atoms with van der Waals surface area (Å²) in [4.78, 5) is 31.7. The van der Waals surface area contributed by atoms with Gasteiger partial charge in [-0.3, -0.25) is 9.36 Å². The highest BCUT2D eigenvalue weighted by Crippen LogP contribution is 2.34. The smallest absolute Gasteiger partial charge is 0.435 e. The van der Waals surface area contributed by atoms with Crippen LogP contribution in [0.5, 0.6) is 5.75 Å². The van der Waals surface area contributed by atoms with E-state index < -0.39 is 34.3 Å². The first-order chi connectivity index (χ1) is 17.5. The van der Waals surface area contributed by atoms with Crippen LogP contribution >= 0.6 is 11.6 Å². The third-order valence-corrected chi connectivity index (χ3v) is 5.74. The number of fused-ring (bicyclic) bond motifs is 1. The van der Waals surface area contributed by atoms with Gasteiger partial charge in [0.2, 0.25) is 0 Å². The molecule has 0 atom stereocenters. The Hall–Kier alpha value is -4.43. The van der Waals surface area contributed by atoms with Crippen LogP contribution in [-0.2, 0) is 12.7 Å². The van der Waals surface area contributed by atoms with Gasteiger partial charge in [0.05, 0.1) is 23.1 Å². The zero-order valence-electron chi connectivity index (χ0n) is 19.0. The van der Waals surface area contributed by atoms with Crippen LogP contribution in [0.2, 0.25) is 5.02 Å². The molecule has 0 saturated carbocycles. The Morgan fingerprint density at radius 3 is 2.68 bits per heavy atom. The van der Waals surface area contributed by atoms with Crippen molar-refractivity contribution in [3.05, 3.63) is 86.7 Å². The van der Waals surface area contributed by atoms with Gasteiger partial charge in [0.1, 0.15) is 29.8 Å². The second kappa shape index (κ2) is 9.91. The van der Waals surface area contributed by atoms with Gasteiger partial charge in [-0.15, -0.1) is 0 Å². The normalized spacial score (nSPS) is 11.4. The molecule has 1 N–H and O–H groups in total. The van der Waals surface area contributed by atoms with E-state index in [0.717, 1.165) is 4.57 Å². The largest absolute Gasteiger partial charge is 0.491 e. The molecule has 0 unspecified atom stereocenters. The topological polar surface area (TPSA) is 118 Å². The predicted molar refractivity (Wildman–Crippen MR) is 128 cm³/mol. The molecule has 4 rings (SSSR count). The third kappa shape index (κ3) is 5.10. The second-order valence-corrected chi connectivity index (χ2v) is 8.28. The molecular formula is C25H16ClF3N4O4. The summed E-state index contributed by atoms with van der Waals surface area (Å²) < 4.78 is 47.3. The number of alkyl halides is 3. The molecule has 0 amide bonds. The van der Waals surface area contributed by atoms with Gasteiger partial charge in [-0.05, 0) is 42.8 Å². The van der Waals surface area contributed by atoms with Crippen LogP contribution in [0.1, 0.15) is 27.4 Å². The minimum Gasteiger partial charge on any atom is -0.491 e. The van der Waals surface area contributed by atoms with E-state index in [9.17, 15) is 33.1 Å².